The number of aromatic nitrogens is 1. The summed E-state index contributed by atoms with van der Waals surface area (Å²) >= 11 is 0. The SMILES string of the molecule is CCCCOCCOCCOCCCNC(=O)CCC(NC(=O)c1ccc(N/N=C/c2ccccc2S(=O)(=O)O)nc1)C(=O)NCCCOCCOCCOCCCC. The standard InChI is InChI=1S/C40H64N6O12S/c1-3-5-19-53-23-27-57-29-25-55-21-9-17-41-38(47)16-14-35(40(49)42-18-10-22-56-26-30-58-28-24-54-20-6-4-2)45-39(48)34-13-15-37(43-31-34)46-44-32-33-11-7-8-12-36(33)59(50,51)52/h7-8,11-13,15,31-32,35H,3-6,9-10,14,16-30H2,1-2H3,(H,41,47)(H,42,49)(H,43,46)(H,45,48)(H,50,51,52)/b44-32+. The molecular formula is C40H64N6O12S. The number of anilines is 1. The molecular weight excluding hydrogens is 789 g/mol. The minimum absolute atomic E-state index is 0.0139. The van der Waals surface area contributed by atoms with E-state index in [1.54, 1.807) is 6.07 Å². The Morgan fingerprint density at radius 1 is 0.729 bits per heavy atom. The minimum Gasteiger partial charge on any atom is -0.379 e. The van der Waals surface area contributed by atoms with Gasteiger partial charge >= 0.3 is 0 Å². The number of amides is 3. The number of hydrogen-bond acceptors (Lipinski definition) is 14. The molecule has 0 aliphatic heterocycles. The number of carbonyl (C=O) groups excluding carboxylic acids is 3. The molecule has 0 saturated carbocycles. The fourth-order valence-electron chi connectivity index (χ4n) is 4.95. The molecule has 0 aliphatic rings. The predicted octanol–water partition coefficient (Wildman–Crippen LogP) is 3.37. The van der Waals surface area contributed by atoms with Crippen LogP contribution in [0.3, 0.4) is 0 Å². The monoisotopic (exact) mass is 852 g/mol. The number of hydrazone groups is 1. The highest BCUT2D eigenvalue weighted by Gasteiger charge is 2.22. The van der Waals surface area contributed by atoms with Crippen LogP contribution in [-0.2, 0) is 48.1 Å². The van der Waals surface area contributed by atoms with Gasteiger partial charge in [-0.3, -0.25) is 24.4 Å². The Labute approximate surface area is 348 Å². The number of hydrogen-bond donors (Lipinski definition) is 5. The van der Waals surface area contributed by atoms with Gasteiger partial charge in [0.2, 0.25) is 11.8 Å². The van der Waals surface area contributed by atoms with E-state index in [2.05, 4.69) is 45.3 Å². The Hall–Kier alpha value is -4.08. The van der Waals surface area contributed by atoms with E-state index in [4.69, 9.17) is 28.4 Å². The van der Waals surface area contributed by atoms with Crippen LogP contribution in [-0.4, -0.2) is 140 Å². The van der Waals surface area contributed by atoms with Crippen LogP contribution in [0.15, 0.2) is 52.6 Å². The van der Waals surface area contributed by atoms with Crippen molar-refractivity contribution >= 4 is 39.9 Å². The predicted molar refractivity (Wildman–Crippen MR) is 222 cm³/mol. The molecule has 18 nitrogen and oxygen atoms in total. The van der Waals surface area contributed by atoms with Crippen LogP contribution in [0.4, 0.5) is 5.82 Å². The normalized spacial score (nSPS) is 12.1. The van der Waals surface area contributed by atoms with Gasteiger partial charge in [0, 0.05) is 57.7 Å². The van der Waals surface area contributed by atoms with E-state index in [0.29, 0.717) is 92.0 Å². The molecule has 59 heavy (non-hydrogen) atoms. The van der Waals surface area contributed by atoms with Gasteiger partial charge in [0.25, 0.3) is 16.0 Å². The van der Waals surface area contributed by atoms with Gasteiger partial charge in [-0.25, -0.2) is 4.98 Å². The summed E-state index contributed by atoms with van der Waals surface area (Å²) in [6.07, 6.45) is 7.86. The molecule has 332 valence electrons. The number of nitrogens with one attached hydrogen (secondary N) is 4. The first-order valence-electron chi connectivity index (χ1n) is 20.3. The van der Waals surface area contributed by atoms with Crippen LogP contribution < -0.4 is 21.4 Å². The highest BCUT2D eigenvalue weighted by Crippen LogP contribution is 2.13. The van der Waals surface area contributed by atoms with Crippen LogP contribution in [0.5, 0.6) is 0 Å². The highest BCUT2D eigenvalue weighted by atomic mass is 32.2. The van der Waals surface area contributed by atoms with E-state index in [1.807, 2.05) is 0 Å². The van der Waals surface area contributed by atoms with Crippen molar-refractivity contribution in [2.75, 3.05) is 97.8 Å². The fourth-order valence-corrected chi connectivity index (χ4v) is 5.62. The summed E-state index contributed by atoms with van der Waals surface area (Å²) in [4.78, 5) is 43.0. The number of ether oxygens (including phenoxy) is 6. The third kappa shape index (κ3) is 25.2. The van der Waals surface area contributed by atoms with E-state index in [1.165, 1.54) is 42.7 Å². The topological polar surface area (TPSA) is 234 Å². The Kier molecular flexibility index (Phi) is 28.3. The molecule has 0 aliphatic carbocycles. The van der Waals surface area contributed by atoms with Crippen molar-refractivity contribution in [1.29, 1.82) is 0 Å². The van der Waals surface area contributed by atoms with Gasteiger partial charge in [0.15, 0.2) is 0 Å². The fraction of sp³-hybridized carbons (Fsp3) is 0.625. The Balaban J connectivity index is 1.82. The molecule has 0 bridgehead atoms. The Morgan fingerprint density at radius 2 is 1.25 bits per heavy atom. The van der Waals surface area contributed by atoms with Crippen molar-refractivity contribution in [3.63, 3.8) is 0 Å². The molecule has 1 aromatic heterocycles. The lowest BCUT2D eigenvalue weighted by molar-refractivity contribution is -0.124. The first kappa shape index (κ1) is 51.1. The second-order valence-electron chi connectivity index (χ2n) is 13.1. The summed E-state index contributed by atoms with van der Waals surface area (Å²) in [5.41, 5.74) is 2.93. The zero-order chi connectivity index (χ0) is 42.8. The van der Waals surface area contributed by atoms with Crippen LogP contribution in [0.25, 0.3) is 0 Å². The summed E-state index contributed by atoms with van der Waals surface area (Å²) in [6, 6.07) is 7.68. The molecule has 1 heterocycles. The molecule has 2 rings (SSSR count). The molecule has 0 spiro atoms. The van der Waals surface area contributed by atoms with Crippen LogP contribution in [0, 0.1) is 0 Å². The van der Waals surface area contributed by atoms with Crippen LogP contribution >= 0.6 is 0 Å². The zero-order valence-electron chi connectivity index (χ0n) is 34.5. The second kappa shape index (κ2) is 32.7. The minimum atomic E-state index is -4.45. The lowest BCUT2D eigenvalue weighted by Crippen LogP contribution is -2.47. The zero-order valence-corrected chi connectivity index (χ0v) is 35.3. The molecule has 5 N–H and O–H groups in total. The molecule has 1 atom stereocenters. The largest absolute Gasteiger partial charge is 0.379 e. The summed E-state index contributed by atoms with van der Waals surface area (Å²) < 4.78 is 65.7. The van der Waals surface area contributed by atoms with E-state index in [0.717, 1.165) is 38.9 Å². The second-order valence-corrected chi connectivity index (χ2v) is 14.5. The third-order valence-electron chi connectivity index (χ3n) is 8.21. The Bertz CT molecular complexity index is 1580. The van der Waals surface area contributed by atoms with Crippen LogP contribution in [0.2, 0.25) is 0 Å². The smallest absolute Gasteiger partial charge is 0.295 e. The van der Waals surface area contributed by atoms with Crippen molar-refractivity contribution in [3.8, 4) is 0 Å². The van der Waals surface area contributed by atoms with Gasteiger partial charge in [-0.1, -0.05) is 44.9 Å². The third-order valence-corrected chi connectivity index (χ3v) is 9.14. The molecule has 2 aromatic rings. The van der Waals surface area contributed by atoms with E-state index < -0.39 is 28.0 Å². The van der Waals surface area contributed by atoms with Gasteiger partial charge in [0.05, 0.1) is 64.6 Å². The molecule has 19 heteroatoms. The number of carbonyl (C=O) groups is 3. The first-order valence-corrected chi connectivity index (χ1v) is 21.7. The van der Waals surface area contributed by atoms with Gasteiger partial charge in [-0.15, -0.1) is 0 Å². The number of rotatable bonds is 36. The number of pyridine rings is 1. The maximum atomic E-state index is 13.2. The summed E-state index contributed by atoms with van der Waals surface area (Å²) in [5.74, 6) is -1.07. The number of nitrogens with zero attached hydrogens (tertiary/aromatic N) is 2. The van der Waals surface area contributed by atoms with Gasteiger partial charge < -0.3 is 44.4 Å². The lowest BCUT2D eigenvalue weighted by Gasteiger charge is -2.18. The molecule has 1 aromatic carbocycles. The first-order chi connectivity index (χ1) is 28.7. The van der Waals surface area contributed by atoms with Crippen molar-refractivity contribution in [2.24, 2.45) is 5.10 Å². The van der Waals surface area contributed by atoms with Crippen molar-refractivity contribution in [3.05, 3.63) is 53.7 Å². The van der Waals surface area contributed by atoms with Gasteiger partial charge in [-0.05, 0) is 50.3 Å². The van der Waals surface area contributed by atoms with Gasteiger partial charge in [0.1, 0.15) is 16.8 Å². The maximum Gasteiger partial charge on any atom is 0.295 e. The summed E-state index contributed by atoms with van der Waals surface area (Å²) in [6.45, 7) is 11.0. The molecule has 3 amide bonds. The number of unbranched alkanes of at least 4 members (excludes halogenated alkanes) is 2. The van der Waals surface area contributed by atoms with Crippen molar-refractivity contribution in [1.82, 2.24) is 20.9 Å². The quantitative estimate of drug-likeness (QED) is 0.0286. The van der Waals surface area contributed by atoms with Crippen molar-refractivity contribution in [2.45, 2.75) is 76.2 Å². The summed E-state index contributed by atoms with van der Waals surface area (Å²) in [5, 5.41) is 12.3. The molecule has 0 fully saturated rings. The molecule has 0 radical (unpaired) electrons. The Morgan fingerprint density at radius 3 is 1.78 bits per heavy atom. The highest BCUT2D eigenvalue weighted by molar-refractivity contribution is 7.86. The molecule has 0 saturated heterocycles. The van der Waals surface area contributed by atoms with E-state index in [9.17, 15) is 27.4 Å². The van der Waals surface area contributed by atoms with Gasteiger partial charge in [-0.2, -0.15) is 13.5 Å². The van der Waals surface area contributed by atoms with Crippen LogP contribution in [0.1, 0.15) is 81.1 Å². The summed E-state index contributed by atoms with van der Waals surface area (Å²) in [7, 11) is -4.45. The van der Waals surface area contributed by atoms with E-state index in [-0.39, 0.29) is 40.6 Å². The molecule has 1 unspecified atom stereocenters. The average molecular weight is 853 g/mol. The van der Waals surface area contributed by atoms with Crippen molar-refractivity contribution < 1.29 is 55.8 Å². The maximum absolute atomic E-state index is 13.2. The number of benzene rings is 1. The average Bonchev–Trinajstić information content (AvgIpc) is 3.22. The lowest BCUT2D eigenvalue weighted by atomic mass is 10.1. The van der Waals surface area contributed by atoms with E-state index >= 15 is 0 Å².